The van der Waals surface area contributed by atoms with Gasteiger partial charge in [-0.15, -0.1) is 0 Å². The molecule has 0 amide bonds. The molecule has 1 aromatic heterocycles. The van der Waals surface area contributed by atoms with Crippen molar-refractivity contribution >= 4 is 48.1 Å². The Balaban J connectivity index is 2.79. The first kappa shape index (κ1) is 12.7. The van der Waals surface area contributed by atoms with Gasteiger partial charge in [0.2, 0.25) is 0 Å². The fraction of sp³-hybridized carbons (Fsp3) is 0.700. The number of nitrogens with zero attached hydrogens (tertiary/aromatic N) is 1. The molecule has 0 saturated heterocycles. The first-order valence-corrected chi connectivity index (χ1v) is 12.1. The van der Waals surface area contributed by atoms with Crippen LogP contribution in [0.1, 0.15) is 20.8 Å². The SMILES string of the molecule is C[C](C)(C)[Sn][c]1cnc([Si](C)(C)C)s1. The second-order valence-electron chi connectivity index (χ2n) is 5.65. The van der Waals surface area contributed by atoms with Crippen molar-refractivity contribution in [2.45, 2.75) is 43.8 Å². The van der Waals surface area contributed by atoms with E-state index in [1.807, 2.05) is 11.3 Å². The quantitative estimate of drug-likeness (QED) is 0.757. The molecule has 0 unspecified atom stereocenters. The average molecular weight is 332 g/mol. The summed E-state index contributed by atoms with van der Waals surface area (Å²) in [6.45, 7) is 14.2. The number of rotatable bonds is 2. The molecule has 2 radical (unpaired) electrons. The van der Waals surface area contributed by atoms with Crippen LogP contribution >= 0.6 is 11.3 Å². The van der Waals surface area contributed by atoms with Crippen LogP contribution in [0, 0.1) is 0 Å². The zero-order valence-electron chi connectivity index (χ0n) is 9.93. The molecule has 0 aliphatic rings. The average Bonchev–Trinajstić information content (AvgIpc) is 2.29. The van der Waals surface area contributed by atoms with Gasteiger partial charge in [-0.3, -0.25) is 0 Å². The van der Waals surface area contributed by atoms with E-state index in [2.05, 4.69) is 51.6 Å². The van der Waals surface area contributed by atoms with Crippen molar-refractivity contribution in [1.82, 2.24) is 4.98 Å². The van der Waals surface area contributed by atoms with Crippen molar-refractivity contribution in [3.05, 3.63) is 6.20 Å². The Kier molecular flexibility index (Phi) is 3.86. The Morgan fingerprint density at radius 3 is 2.21 bits per heavy atom. The number of hydrogen-bond acceptors (Lipinski definition) is 2. The zero-order valence-corrected chi connectivity index (χ0v) is 14.6. The van der Waals surface area contributed by atoms with Crippen molar-refractivity contribution in [3.63, 3.8) is 0 Å². The van der Waals surface area contributed by atoms with Gasteiger partial charge in [0.15, 0.2) is 0 Å². The zero-order chi connectivity index (χ0) is 11.0. The molecule has 4 heteroatoms. The summed E-state index contributed by atoms with van der Waals surface area (Å²) in [6.07, 6.45) is 2.15. The number of thiazole rings is 1. The van der Waals surface area contributed by atoms with E-state index in [0.29, 0.717) is 3.43 Å². The van der Waals surface area contributed by atoms with Gasteiger partial charge < -0.3 is 0 Å². The van der Waals surface area contributed by atoms with E-state index in [-0.39, 0.29) is 0 Å². The topological polar surface area (TPSA) is 12.9 Å². The molecule has 14 heavy (non-hydrogen) atoms. The van der Waals surface area contributed by atoms with Crippen molar-refractivity contribution in [1.29, 1.82) is 0 Å². The minimum atomic E-state index is -1.15. The van der Waals surface area contributed by atoms with E-state index in [0.717, 1.165) is 0 Å². The summed E-state index contributed by atoms with van der Waals surface area (Å²) in [6, 6.07) is 0. The third kappa shape index (κ3) is 4.02. The predicted octanol–water partition coefficient (Wildman–Crippen LogP) is 2.24. The molecule has 0 saturated carbocycles. The summed E-state index contributed by atoms with van der Waals surface area (Å²) >= 11 is 1.57. The molecule has 1 rings (SSSR count). The van der Waals surface area contributed by atoms with Crippen LogP contribution in [0.25, 0.3) is 0 Å². The molecule has 1 nitrogen and oxygen atoms in total. The van der Waals surface area contributed by atoms with Gasteiger partial charge in [-0.25, -0.2) is 0 Å². The maximum atomic E-state index is 4.59. The fourth-order valence-corrected chi connectivity index (χ4v) is 10.2. The fourth-order valence-electron chi connectivity index (χ4n) is 1.05. The molecule has 0 atom stereocenters. The van der Waals surface area contributed by atoms with Crippen LogP contribution in [0.3, 0.4) is 0 Å². The molecule has 0 spiro atoms. The Morgan fingerprint density at radius 1 is 1.29 bits per heavy atom. The van der Waals surface area contributed by atoms with Crippen LogP contribution in [0.15, 0.2) is 6.20 Å². The van der Waals surface area contributed by atoms with E-state index in [1.165, 1.54) is 4.63 Å². The van der Waals surface area contributed by atoms with Crippen LogP contribution in [0.2, 0.25) is 23.1 Å². The summed E-state index contributed by atoms with van der Waals surface area (Å²) in [5.41, 5.74) is 0. The first-order chi connectivity index (χ1) is 6.18. The molecule has 0 fully saturated rings. The van der Waals surface area contributed by atoms with E-state index in [4.69, 9.17) is 0 Å². The molecule has 1 heterocycles. The molecule has 0 N–H and O–H groups in total. The second-order valence-corrected chi connectivity index (χ2v) is 19.6. The van der Waals surface area contributed by atoms with Gasteiger partial charge in [0.1, 0.15) is 0 Å². The predicted molar refractivity (Wildman–Crippen MR) is 70.2 cm³/mol. The Bertz CT molecular complexity index is 309. The number of aromatic nitrogens is 1. The van der Waals surface area contributed by atoms with E-state index in [9.17, 15) is 0 Å². The summed E-state index contributed by atoms with van der Waals surface area (Å²) in [5, 5.41) is 0. The third-order valence-corrected chi connectivity index (χ3v) is 10.6. The second kappa shape index (κ2) is 4.26. The summed E-state index contributed by atoms with van der Waals surface area (Å²) in [7, 11) is -1.15. The first-order valence-electron chi connectivity index (χ1n) is 4.93. The maximum absolute atomic E-state index is 4.59. The van der Waals surface area contributed by atoms with Crippen molar-refractivity contribution < 1.29 is 0 Å². The molecular weight excluding hydrogens is 313 g/mol. The molecule has 0 aliphatic heterocycles. The molecule has 0 bridgehead atoms. The summed E-state index contributed by atoms with van der Waals surface area (Å²) in [5.74, 6) is 0. The van der Waals surface area contributed by atoms with Crippen molar-refractivity contribution in [2.75, 3.05) is 0 Å². The molecule has 1 aromatic rings. The van der Waals surface area contributed by atoms with E-state index < -0.39 is 29.2 Å². The van der Waals surface area contributed by atoms with Gasteiger partial charge in [-0.05, 0) is 0 Å². The summed E-state index contributed by atoms with van der Waals surface area (Å²) < 4.78 is 3.59. The number of hydrogen-bond donors (Lipinski definition) is 0. The van der Waals surface area contributed by atoms with Crippen molar-refractivity contribution in [2.24, 2.45) is 0 Å². The molecular formula is C10H19NSSiSn. The van der Waals surface area contributed by atoms with Gasteiger partial charge >= 0.3 is 103 Å². The van der Waals surface area contributed by atoms with Crippen LogP contribution in [-0.2, 0) is 0 Å². The minimum absolute atomic E-state index is 0.419. The van der Waals surface area contributed by atoms with Crippen LogP contribution in [0.4, 0.5) is 0 Å². The van der Waals surface area contributed by atoms with E-state index in [1.54, 1.807) is 2.89 Å². The van der Waals surface area contributed by atoms with Gasteiger partial charge in [-0.2, -0.15) is 0 Å². The van der Waals surface area contributed by atoms with Gasteiger partial charge in [0, 0.05) is 0 Å². The van der Waals surface area contributed by atoms with Crippen molar-refractivity contribution in [3.8, 4) is 0 Å². The molecule has 0 aliphatic carbocycles. The Labute approximate surface area is 103 Å². The molecule has 0 aromatic carbocycles. The van der Waals surface area contributed by atoms with Crippen LogP contribution in [0.5, 0.6) is 0 Å². The van der Waals surface area contributed by atoms with Gasteiger partial charge in [0.25, 0.3) is 0 Å². The Morgan fingerprint density at radius 2 is 1.86 bits per heavy atom. The Hall–Kier alpha value is 0.646. The normalized spacial score (nSPS) is 13.3. The van der Waals surface area contributed by atoms with E-state index >= 15 is 0 Å². The van der Waals surface area contributed by atoms with Crippen LogP contribution in [-0.4, -0.2) is 34.2 Å². The summed E-state index contributed by atoms with van der Waals surface area (Å²) in [4.78, 5) is 4.59. The third-order valence-electron chi connectivity index (χ3n) is 1.65. The monoisotopic (exact) mass is 333 g/mol. The van der Waals surface area contributed by atoms with Crippen LogP contribution < -0.4 is 7.52 Å². The standard InChI is InChI=1S/C6H10NSSi.C4H9.Sn/c1-9(2,3)6-7-4-5-8-6;1-4(2)3;/h4H,1-3H3;1-3H3;. The molecule has 78 valence electrons. The van der Waals surface area contributed by atoms with Gasteiger partial charge in [-0.1, -0.05) is 0 Å². The van der Waals surface area contributed by atoms with Gasteiger partial charge in [0.05, 0.1) is 0 Å².